The summed E-state index contributed by atoms with van der Waals surface area (Å²) >= 11 is 0. The minimum atomic E-state index is -3.69. The van der Waals surface area contributed by atoms with Gasteiger partial charge in [-0.15, -0.1) is 24.0 Å². The second-order valence-corrected chi connectivity index (χ2v) is 10.0. The normalized spacial score (nSPS) is 20.8. The highest BCUT2D eigenvalue weighted by molar-refractivity contribution is 14.0. The molecule has 1 aromatic carbocycles. The summed E-state index contributed by atoms with van der Waals surface area (Å²) in [5.41, 5.74) is 0. The lowest BCUT2D eigenvalue weighted by molar-refractivity contribution is 0.198. The third kappa shape index (κ3) is 7.05. The number of sulfone groups is 1. The zero-order valence-corrected chi connectivity index (χ0v) is 20.9. The van der Waals surface area contributed by atoms with Crippen LogP contribution in [0.25, 0.3) is 0 Å². The van der Waals surface area contributed by atoms with Crippen LogP contribution < -0.4 is 5.32 Å². The van der Waals surface area contributed by atoms with E-state index in [1.807, 2.05) is 6.92 Å². The number of nitrogens with one attached hydrogen (secondary N) is 1. The zero-order chi connectivity index (χ0) is 20.7. The van der Waals surface area contributed by atoms with E-state index in [0.717, 1.165) is 38.6 Å². The molecule has 0 saturated carbocycles. The van der Waals surface area contributed by atoms with E-state index >= 15 is 0 Å². The predicted octanol–water partition coefficient (Wildman–Crippen LogP) is 2.99. The minimum Gasteiger partial charge on any atom is -0.357 e. The Hall–Kier alpha value is -0.940. The Morgan fingerprint density at radius 2 is 1.93 bits per heavy atom. The average Bonchev–Trinajstić information content (AvgIpc) is 3.16. The van der Waals surface area contributed by atoms with Gasteiger partial charge in [-0.2, -0.15) is 0 Å². The first kappa shape index (κ1) is 25.3. The number of rotatable bonds is 7. The number of halogens is 2. The Morgan fingerprint density at radius 3 is 2.63 bits per heavy atom. The molecule has 170 valence electrons. The predicted molar refractivity (Wildman–Crippen MR) is 130 cm³/mol. The highest BCUT2D eigenvalue weighted by atomic mass is 127. The molecule has 3 rings (SSSR count). The lowest BCUT2D eigenvalue weighted by Gasteiger charge is -2.29. The van der Waals surface area contributed by atoms with Crippen molar-refractivity contribution < 1.29 is 12.8 Å². The van der Waals surface area contributed by atoms with Crippen LogP contribution in [0.15, 0.2) is 34.2 Å². The summed E-state index contributed by atoms with van der Waals surface area (Å²) in [6.45, 7) is 8.28. The van der Waals surface area contributed by atoms with E-state index in [2.05, 4.69) is 20.1 Å². The van der Waals surface area contributed by atoms with Crippen molar-refractivity contribution >= 4 is 39.8 Å². The van der Waals surface area contributed by atoms with Crippen LogP contribution >= 0.6 is 24.0 Å². The van der Waals surface area contributed by atoms with Crippen molar-refractivity contribution in [3.8, 4) is 0 Å². The first-order valence-electron chi connectivity index (χ1n) is 10.7. The molecule has 9 heteroatoms. The quantitative estimate of drug-likeness (QED) is 0.320. The van der Waals surface area contributed by atoms with Crippen molar-refractivity contribution in [1.82, 2.24) is 15.1 Å². The van der Waals surface area contributed by atoms with Gasteiger partial charge in [0.15, 0.2) is 15.8 Å². The van der Waals surface area contributed by atoms with Gasteiger partial charge in [-0.25, -0.2) is 12.8 Å². The summed E-state index contributed by atoms with van der Waals surface area (Å²) in [5, 5.41) is 3.28. The fraction of sp³-hybridized carbons (Fsp3) is 0.667. The van der Waals surface area contributed by atoms with Gasteiger partial charge in [0.05, 0.1) is 12.3 Å². The number of likely N-dealkylation sites (tertiary alicyclic amines) is 2. The molecule has 2 saturated heterocycles. The van der Waals surface area contributed by atoms with E-state index in [4.69, 9.17) is 0 Å². The van der Waals surface area contributed by atoms with E-state index in [9.17, 15) is 12.8 Å². The standard InChI is InChI=1S/C21H33FN4O2S.HI/c1-2-23-21(24-11-15-29(27,28)20-9-5-4-8-19(20)22)26-14-10-18(17-26)16-25-12-6-3-7-13-25;/h4-5,8-9,18H,2-3,6-7,10-17H2,1H3,(H,23,24);1H. The Balaban J connectivity index is 0.00000320. The van der Waals surface area contributed by atoms with Crippen LogP contribution in [0, 0.1) is 11.7 Å². The van der Waals surface area contributed by atoms with Crippen LogP contribution in [-0.2, 0) is 9.84 Å². The Labute approximate surface area is 197 Å². The summed E-state index contributed by atoms with van der Waals surface area (Å²) < 4.78 is 38.7. The van der Waals surface area contributed by atoms with E-state index < -0.39 is 15.7 Å². The molecule has 2 heterocycles. The van der Waals surface area contributed by atoms with Gasteiger partial charge in [-0.3, -0.25) is 4.99 Å². The number of hydrogen-bond donors (Lipinski definition) is 1. The highest BCUT2D eigenvalue weighted by Gasteiger charge is 2.27. The molecule has 0 radical (unpaired) electrons. The Bertz CT molecular complexity index is 800. The number of hydrogen-bond acceptors (Lipinski definition) is 4. The van der Waals surface area contributed by atoms with E-state index in [0.29, 0.717) is 5.92 Å². The molecule has 1 unspecified atom stereocenters. The van der Waals surface area contributed by atoms with Crippen LogP contribution in [0.2, 0.25) is 0 Å². The van der Waals surface area contributed by atoms with Crippen LogP contribution in [0.4, 0.5) is 4.39 Å². The van der Waals surface area contributed by atoms with E-state index in [1.165, 1.54) is 56.6 Å². The lowest BCUT2D eigenvalue weighted by Crippen LogP contribution is -2.41. The van der Waals surface area contributed by atoms with E-state index in [1.54, 1.807) is 0 Å². The third-order valence-electron chi connectivity index (χ3n) is 5.68. The van der Waals surface area contributed by atoms with Crippen molar-refractivity contribution in [2.45, 2.75) is 37.5 Å². The van der Waals surface area contributed by atoms with Crippen molar-refractivity contribution in [3.63, 3.8) is 0 Å². The summed E-state index contributed by atoms with van der Waals surface area (Å²) in [5.74, 6) is 0.480. The maximum Gasteiger partial charge on any atom is 0.193 e. The molecule has 0 aromatic heterocycles. The van der Waals surface area contributed by atoms with Gasteiger partial charge >= 0.3 is 0 Å². The number of guanidine groups is 1. The third-order valence-corrected chi connectivity index (χ3v) is 7.40. The monoisotopic (exact) mass is 552 g/mol. The molecule has 0 amide bonds. The summed E-state index contributed by atoms with van der Waals surface area (Å²) in [4.78, 5) is 9.09. The summed E-state index contributed by atoms with van der Waals surface area (Å²) in [6, 6.07) is 5.51. The fourth-order valence-electron chi connectivity index (χ4n) is 4.19. The largest absolute Gasteiger partial charge is 0.357 e. The molecule has 2 fully saturated rings. The fourth-order valence-corrected chi connectivity index (χ4v) is 5.39. The van der Waals surface area contributed by atoms with Crippen molar-refractivity contribution in [1.29, 1.82) is 0 Å². The van der Waals surface area contributed by atoms with E-state index in [-0.39, 0.29) is 41.2 Å². The number of benzene rings is 1. The molecule has 2 aliphatic heterocycles. The Morgan fingerprint density at radius 1 is 1.20 bits per heavy atom. The highest BCUT2D eigenvalue weighted by Crippen LogP contribution is 2.20. The zero-order valence-electron chi connectivity index (χ0n) is 17.7. The van der Waals surface area contributed by atoms with Gasteiger partial charge in [-0.1, -0.05) is 18.6 Å². The Kier molecular flexibility index (Phi) is 10.3. The topological polar surface area (TPSA) is 65.0 Å². The first-order chi connectivity index (χ1) is 14.0. The molecular weight excluding hydrogens is 518 g/mol. The van der Waals surface area contributed by atoms with Gasteiger partial charge < -0.3 is 15.1 Å². The maximum atomic E-state index is 13.8. The lowest BCUT2D eigenvalue weighted by atomic mass is 10.1. The molecule has 0 spiro atoms. The van der Waals surface area contributed by atoms with Crippen molar-refractivity contribution in [2.24, 2.45) is 10.9 Å². The second kappa shape index (κ2) is 12.2. The molecule has 1 N–H and O–H groups in total. The molecule has 6 nitrogen and oxygen atoms in total. The molecule has 2 aliphatic rings. The van der Waals surface area contributed by atoms with Gasteiger partial charge in [-0.05, 0) is 57.3 Å². The van der Waals surface area contributed by atoms with Crippen molar-refractivity contribution in [2.75, 3.05) is 51.6 Å². The van der Waals surface area contributed by atoms with Gasteiger partial charge in [0.25, 0.3) is 0 Å². The molecule has 1 aromatic rings. The second-order valence-electron chi connectivity index (χ2n) is 7.95. The smallest absolute Gasteiger partial charge is 0.193 e. The van der Waals surface area contributed by atoms with Gasteiger partial charge in [0.1, 0.15) is 10.7 Å². The van der Waals surface area contributed by atoms with Crippen LogP contribution in [-0.4, -0.2) is 75.7 Å². The maximum absolute atomic E-state index is 13.8. The van der Waals surface area contributed by atoms with Crippen LogP contribution in [0.5, 0.6) is 0 Å². The number of nitrogens with zero attached hydrogens (tertiary/aromatic N) is 3. The summed E-state index contributed by atoms with van der Waals surface area (Å²) in [7, 11) is -3.69. The van der Waals surface area contributed by atoms with Crippen LogP contribution in [0.3, 0.4) is 0 Å². The molecule has 30 heavy (non-hydrogen) atoms. The molecule has 1 atom stereocenters. The van der Waals surface area contributed by atoms with Gasteiger partial charge in [0.2, 0.25) is 0 Å². The summed E-state index contributed by atoms with van der Waals surface area (Å²) in [6.07, 6.45) is 5.09. The minimum absolute atomic E-state index is 0. The average molecular weight is 552 g/mol. The molecular formula is C21H34FIN4O2S. The van der Waals surface area contributed by atoms with Crippen molar-refractivity contribution in [3.05, 3.63) is 30.1 Å². The SMILES string of the molecule is CCNC(=NCCS(=O)(=O)c1ccccc1F)N1CCC(CN2CCCCC2)C1.I. The number of piperidine rings is 1. The van der Waals surface area contributed by atoms with Gasteiger partial charge in [0, 0.05) is 26.2 Å². The first-order valence-corrected chi connectivity index (χ1v) is 12.4. The van der Waals surface area contributed by atoms with Crippen LogP contribution in [0.1, 0.15) is 32.6 Å². The molecule has 0 aliphatic carbocycles. The number of aliphatic imine (C=N–C) groups is 1. The molecule has 0 bridgehead atoms.